The van der Waals surface area contributed by atoms with Crippen molar-refractivity contribution in [1.82, 2.24) is 9.55 Å². The maximum Gasteiger partial charge on any atom is 0.191 e. The molecule has 0 fully saturated rings. The fraction of sp³-hybridized carbons (Fsp3) is 0.176. The lowest BCUT2D eigenvalue weighted by atomic mass is 10.1. The molecular weight excluding hydrogens is 310 g/mol. The molecule has 3 aromatic rings. The number of aryl methyl sites for hydroxylation is 1. The second-order valence-electron chi connectivity index (χ2n) is 5.37. The molecule has 0 amide bonds. The average Bonchev–Trinajstić information content (AvgIpc) is 2.89. The Balaban J connectivity index is 2.10. The Morgan fingerprint density at radius 3 is 2.61 bits per heavy atom. The highest BCUT2D eigenvalue weighted by molar-refractivity contribution is 7.07. The number of phenolic OH excluding ortho intramolecular Hbond substituents is 2. The van der Waals surface area contributed by atoms with E-state index in [4.69, 9.17) is 0 Å². The van der Waals surface area contributed by atoms with Crippen molar-refractivity contribution in [2.75, 3.05) is 0 Å². The van der Waals surface area contributed by atoms with Crippen LogP contribution in [0.1, 0.15) is 11.1 Å². The molecule has 5 nitrogen and oxygen atoms in total. The van der Waals surface area contributed by atoms with Crippen LogP contribution in [0.5, 0.6) is 11.5 Å². The summed E-state index contributed by atoms with van der Waals surface area (Å²) in [6.07, 6.45) is 1.78. The van der Waals surface area contributed by atoms with E-state index in [2.05, 4.69) is 9.98 Å². The summed E-state index contributed by atoms with van der Waals surface area (Å²) in [6, 6.07) is 7.13. The second-order valence-corrected chi connectivity index (χ2v) is 6.21. The Hall–Kier alpha value is -2.60. The van der Waals surface area contributed by atoms with Gasteiger partial charge in [-0.25, -0.2) is 9.98 Å². The molecule has 2 aromatic heterocycles. The molecule has 0 radical (unpaired) electrons. The molecule has 0 aliphatic heterocycles. The minimum Gasteiger partial charge on any atom is -0.508 e. The van der Waals surface area contributed by atoms with Gasteiger partial charge in [0, 0.05) is 29.8 Å². The molecule has 0 aliphatic carbocycles. The number of thiazole rings is 1. The minimum atomic E-state index is 0.0814. The second kappa shape index (κ2) is 5.89. The Morgan fingerprint density at radius 2 is 1.91 bits per heavy atom. The Bertz CT molecular complexity index is 924. The molecule has 0 aliphatic rings. The van der Waals surface area contributed by atoms with Crippen molar-refractivity contribution >= 4 is 17.2 Å². The molecule has 6 heteroatoms. The summed E-state index contributed by atoms with van der Waals surface area (Å²) in [5.41, 5.74) is 3.05. The summed E-state index contributed by atoms with van der Waals surface area (Å²) in [5, 5.41) is 21.9. The SMILES string of the molecule is Cc1ccc(N=c2scc(-c3ccc(O)c(C)c3O)n2C)nc1. The average molecular weight is 327 g/mol. The summed E-state index contributed by atoms with van der Waals surface area (Å²) in [4.78, 5) is 9.60. The fourth-order valence-corrected chi connectivity index (χ4v) is 3.14. The largest absolute Gasteiger partial charge is 0.508 e. The van der Waals surface area contributed by atoms with Gasteiger partial charge in [-0.15, -0.1) is 11.3 Å². The van der Waals surface area contributed by atoms with Crippen LogP contribution in [0.4, 0.5) is 5.82 Å². The predicted molar refractivity (Wildman–Crippen MR) is 91.0 cm³/mol. The van der Waals surface area contributed by atoms with Crippen molar-refractivity contribution < 1.29 is 10.2 Å². The standard InChI is InChI=1S/C17H17N3O2S/c1-10-4-7-15(18-8-10)19-17-20(3)13(9-23-17)12-5-6-14(21)11(2)16(12)22/h4-9,21-22H,1-3H3. The van der Waals surface area contributed by atoms with E-state index in [0.29, 0.717) is 16.9 Å². The van der Waals surface area contributed by atoms with E-state index >= 15 is 0 Å². The lowest BCUT2D eigenvalue weighted by Gasteiger charge is -2.09. The predicted octanol–water partition coefficient (Wildman–Crippen LogP) is 3.41. The Morgan fingerprint density at radius 1 is 1.13 bits per heavy atom. The van der Waals surface area contributed by atoms with E-state index < -0.39 is 0 Å². The van der Waals surface area contributed by atoms with Gasteiger partial charge in [0.05, 0.1) is 5.69 Å². The minimum absolute atomic E-state index is 0.0814. The topological polar surface area (TPSA) is 70.6 Å². The number of pyridine rings is 1. The molecule has 1 aromatic carbocycles. The van der Waals surface area contributed by atoms with Crippen LogP contribution in [0, 0.1) is 13.8 Å². The van der Waals surface area contributed by atoms with E-state index in [1.54, 1.807) is 25.3 Å². The first kappa shape index (κ1) is 15.3. The number of aromatic hydroxyl groups is 2. The molecule has 23 heavy (non-hydrogen) atoms. The van der Waals surface area contributed by atoms with E-state index in [0.717, 1.165) is 16.1 Å². The summed E-state index contributed by atoms with van der Waals surface area (Å²) in [7, 11) is 1.89. The zero-order chi connectivity index (χ0) is 16.6. The van der Waals surface area contributed by atoms with E-state index in [1.807, 2.05) is 36.1 Å². The van der Waals surface area contributed by atoms with Gasteiger partial charge in [0.2, 0.25) is 0 Å². The quantitative estimate of drug-likeness (QED) is 0.758. The van der Waals surface area contributed by atoms with Crippen LogP contribution in [0.2, 0.25) is 0 Å². The summed E-state index contributed by atoms with van der Waals surface area (Å²) >= 11 is 1.47. The van der Waals surface area contributed by atoms with Gasteiger partial charge in [-0.2, -0.15) is 0 Å². The van der Waals surface area contributed by atoms with Gasteiger partial charge in [-0.1, -0.05) is 6.07 Å². The number of rotatable bonds is 2. The van der Waals surface area contributed by atoms with Crippen molar-refractivity contribution in [3.8, 4) is 22.8 Å². The lowest BCUT2D eigenvalue weighted by Crippen LogP contribution is -2.11. The van der Waals surface area contributed by atoms with Crippen molar-refractivity contribution in [2.24, 2.45) is 12.0 Å². The number of hydrogen-bond acceptors (Lipinski definition) is 5. The molecule has 2 N–H and O–H groups in total. The number of aromatic nitrogens is 2. The van der Waals surface area contributed by atoms with E-state index in [9.17, 15) is 10.2 Å². The van der Waals surface area contributed by atoms with Crippen LogP contribution < -0.4 is 4.80 Å². The maximum atomic E-state index is 10.3. The molecular formula is C17H17N3O2S. The third-order valence-electron chi connectivity index (χ3n) is 3.71. The van der Waals surface area contributed by atoms with Crippen molar-refractivity contribution in [1.29, 1.82) is 0 Å². The normalized spacial score (nSPS) is 11.9. The number of nitrogens with zero attached hydrogens (tertiary/aromatic N) is 3. The first-order chi connectivity index (χ1) is 11.0. The highest BCUT2D eigenvalue weighted by Gasteiger charge is 2.13. The van der Waals surface area contributed by atoms with Gasteiger partial charge in [-0.3, -0.25) is 0 Å². The zero-order valence-corrected chi connectivity index (χ0v) is 13.9. The smallest absolute Gasteiger partial charge is 0.191 e. The maximum absolute atomic E-state index is 10.3. The van der Waals surface area contributed by atoms with E-state index in [-0.39, 0.29) is 11.5 Å². The molecule has 0 saturated carbocycles. The summed E-state index contributed by atoms with van der Waals surface area (Å²) in [6.45, 7) is 3.66. The molecule has 0 unspecified atom stereocenters. The van der Waals surface area contributed by atoms with E-state index in [1.165, 1.54) is 11.3 Å². The van der Waals surface area contributed by atoms with Crippen LogP contribution in [0.15, 0.2) is 40.8 Å². The molecule has 118 valence electrons. The number of hydrogen-bond donors (Lipinski definition) is 2. The van der Waals surface area contributed by atoms with Gasteiger partial charge in [0.15, 0.2) is 10.6 Å². The zero-order valence-electron chi connectivity index (χ0n) is 13.1. The van der Waals surface area contributed by atoms with Gasteiger partial charge < -0.3 is 14.8 Å². The first-order valence-electron chi connectivity index (χ1n) is 7.11. The first-order valence-corrected chi connectivity index (χ1v) is 7.99. The van der Waals surface area contributed by atoms with Gasteiger partial charge in [0.1, 0.15) is 11.5 Å². The lowest BCUT2D eigenvalue weighted by molar-refractivity contribution is 0.444. The fourth-order valence-electron chi connectivity index (χ4n) is 2.24. The van der Waals surface area contributed by atoms with Gasteiger partial charge in [0.25, 0.3) is 0 Å². The molecule has 3 rings (SSSR count). The monoisotopic (exact) mass is 327 g/mol. The van der Waals surface area contributed by atoms with Crippen LogP contribution in [0.3, 0.4) is 0 Å². The van der Waals surface area contributed by atoms with Crippen molar-refractivity contribution in [3.63, 3.8) is 0 Å². The van der Waals surface area contributed by atoms with Gasteiger partial charge >= 0.3 is 0 Å². The van der Waals surface area contributed by atoms with Crippen molar-refractivity contribution in [2.45, 2.75) is 13.8 Å². The molecule has 0 saturated heterocycles. The highest BCUT2D eigenvalue weighted by atomic mass is 32.1. The summed E-state index contributed by atoms with van der Waals surface area (Å²) < 4.78 is 1.90. The number of phenols is 2. The highest BCUT2D eigenvalue weighted by Crippen LogP contribution is 2.36. The Labute approximate surface area is 137 Å². The molecule has 0 atom stereocenters. The van der Waals surface area contributed by atoms with Gasteiger partial charge in [-0.05, 0) is 37.6 Å². The third kappa shape index (κ3) is 2.85. The third-order valence-corrected chi connectivity index (χ3v) is 4.63. The van der Waals surface area contributed by atoms with Crippen LogP contribution in [-0.4, -0.2) is 19.8 Å². The Kier molecular flexibility index (Phi) is 3.92. The molecule has 0 spiro atoms. The van der Waals surface area contributed by atoms with Crippen LogP contribution in [0.25, 0.3) is 11.3 Å². The van der Waals surface area contributed by atoms with Crippen molar-refractivity contribution in [3.05, 3.63) is 51.8 Å². The molecule has 0 bridgehead atoms. The number of benzene rings is 1. The molecule has 2 heterocycles. The van der Waals surface area contributed by atoms with Crippen LogP contribution in [-0.2, 0) is 7.05 Å². The van der Waals surface area contributed by atoms with Crippen LogP contribution >= 0.6 is 11.3 Å². The summed E-state index contributed by atoms with van der Waals surface area (Å²) in [5.74, 6) is 0.807.